The molecule has 0 fully saturated rings. The van der Waals surface area contributed by atoms with Crippen molar-refractivity contribution >= 4 is 39.9 Å². The van der Waals surface area contributed by atoms with Crippen molar-refractivity contribution in [2.24, 2.45) is 0 Å². The standard InChI is InChI=1S/C22H19FN6O2/c1-12-6-3-4-9-16(12)26-20-17(10-13(11-25-20)21(30)24-2)27-22(31)19-14-7-5-8-15(23)18(14)28-29-19/h3-11H,1-2H3,(H,24,30)(H,25,26)(H,27,31)(H,28,29). The number of carbonyl (C=O) groups is 2. The second-order valence-corrected chi connectivity index (χ2v) is 6.83. The number of benzene rings is 2. The molecule has 156 valence electrons. The zero-order chi connectivity index (χ0) is 22.0. The highest BCUT2D eigenvalue weighted by atomic mass is 19.1. The van der Waals surface area contributed by atoms with Gasteiger partial charge in [-0.3, -0.25) is 14.7 Å². The maximum Gasteiger partial charge on any atom is 0.274 e. The number of aromatic nitrogens is 3. The van der Waals surface area contributed by atoms with Gasteiger partial charge in [0.25, 0.3) is 11.8 Å². The van der Waals surface area contributed by atoms with Crippen molar-refractivity contribution in [1.82, 2.24) is 20.5 Å². The number of nitrogens with one attached hydrogen (secondary N) is 4. The molecule has 0 unspecified atom stereocenters. The Hall–Kier alpha value is -4.27. The minimum atomic E-state index is -0.545. The first kappa shape index (κ1) is 20.0. The molecule has 0 saturated carbocycles. The Kier molecular flexibility index (Phi) is 5.31. The molecule has 2 heterocycles. The summed E-state index contributed by atoms with van der Waals surface area (Å²) in [7, 11) is 1.51. The van der Waals surface area contributed by atoms with Crippen LogP contribution in [0.4, 0.5) is 21.6 Å². The van der Waals surface area contributed by atoms with Crippen LogP contribution in [-0.2, 0) is 0 Å². The molecule has 0 spiro atoms. The normalized spacial score (nSPS) is 10.7. The zero-order valence-electron chi connectivity index (χ0n) is 16.8. The molecule has 0 radical (unpaired) electrons. The van der Waals surface area contributed by atoms with Crippen LogP contribution in [0.3, 0.4) is 0 Å². The van der Waals surface area contributed by atoms with Crippen LogP contribution in [0.15, 0.2) is 54.7 Å². The van der Waals surface area contributed by atoms with E-state index in [0.29, 0.717) is 11.2 Å². The summed E-state index contributed by atoms with van der Waals surface area (Å²) in [5.74, 6) is -1.07. The van der Waals surface area contributed by atoms with Gasteiger partial charge in [0.2, 0.25) is 0 Å². The highest BCUT2D eigenvalue weighted by Crippen LogP contribution is 2.27. The quantitative estimate of drug-likeness (QED) is 0.394. The van der Waals surface area contributed by atoms with Gasteiger partial charge in [0.15, 0.2) is 11.6 Å². The molecule has 8 nitrogen and oxygen atoms in total. The Morgan fingerprint density at radius 2 is 1.84 bits per heavy atom. The topological polar surface area (TPSA) is 112 Å². The average Bonchev–Trinajstić information content (AvgIpc) is 3.21. The highest BCUT2D eigenvalue weighted by molar-refractivity contribution is 6.12. The summed E-state index contributed by atoms with van der Waals surface area (Å²) in [5.41, 5.74) is 2.51. The van der Waals surface area contributed by atoms with Crippen LogP contribution >= 0.6 is 0 Å². The molecule has 2 amide bonds. The summed E-state index contributed by atoms with van der Waals surface area (Å²) < 4.78 is 13.9. The van der Waals surface area contributed by atoms with Gasteiger partial charge in [-0.05, 0) is 30.7 Å². The minimum absolute atomic E-state index is 0.0724. The van der Waals surface area contributed by atoms with Crippen molar-refractivity contribution in [1.29, 1.82) is 0 Å². The molecule has 31 heavy (non-hydrogen) atoms. The number of amides is 2. The monoisotopic (exact) mass is 418 g/mol. The van der Waals surface area contributed by atoms with Crippen molar-refractivity contribution in [2.45, 2.75) is 6.92 Å². The lowest BCUT2D eigenvalue weighted by atomic mass is 10.1. The van der Waals surface area contributed by atoms with E-state index in [9.17, 15) is 14.0 Å². The van der Waals surface area contributed by atoms with Gasteiger partial charge in [-0.25, -0.2) is 9.37 Å². The van der Waals surface area contributed by atoms with E-state index in [1.165, 1.54) is 31.4 Å². The van der Waals surface area contributed by atoms with E-state index in [1.54, 1.807) is 6.07 Å². The number of carbonyl (C=O) groups excluding carboxylic acids is 2. The predicted molar refractivity (Wildman–Crippen MR) is 116 cm³/mol. The summed E-state index contributed by atoms with van der Waals surface area (Å²) in [5, 5.41) is 15.3. The Morgan fingerprint density at radius 3 is 2.61 bits per heavy atom. The van der Waals surface area contributed by atoms with E-state index < -0.39 is 11.7 Å². The molecule has 4 rings (SSSR count). The Bertz CT molecular complexity index is 1300. The lowest BCUT2D eigenvalue weighted by molar-refractivity contribution is 0.0961. The van der Waals surface area contributed by atoms with Gasteiger partial charge in [0.05, 0.1) is 11.3 Å². The number of rotatable bonds is 5. The predicted octanol–water partition coefficient (Wildman–Crippen LogP) is 3.76. The van der Waals surface area contributed by atoms with Gasteiger partial charge in [0.1, 0.15) is 11.2 Å². The molecule has 2 aromatic carbocycles. The first-order chi connectivity index (χ1) is 15.0. The highest BCUT2D eigenvalue weighted by Gasteiger charge is 2.19. The van der Waals surface area contributed by atoms with Crippen LogP contribution < -0.4 is 16.0 Å². The van der Waals surface area contributed by atoms with Crippen LogP contribution in [-0.4, -0.2) is 34.0 Å². The van der Waals surface area contributed by atoms with Crippen molar-refractivity contribution in [3.8, 4) is 0 Å². The molecule has 0 aliphatic carbocycles. The summed E-state index contributed by atoms with van der Waals surface area (Å²) in [6, 6.07) is 13.5. The number of para-hydroxylation sites is 2. The van der Waals surface area contributed by atoms with Gasteiger partial charge in [-0.1, -0.05) is 30.3 Å². The molecule has 0 aliphatic heterocycles. The van der Waals surface area contributed by atoms with Crippen LogP contribution in [0.2, 0.25) is 0 Å². The molecule has 0 aliphatic rings. The number of H-pyrrole nitrogens is 1. The molecule has 0 bridgehead atoms. The third-order valence-electron chi connectivity index (χ3n) is 4.79. The summed E-state index contributed by atoms with van der Waals surface area (Å²) in [6.07, 6.45) is 1.41. The maximum atomic E-state index is 13.9. The van der Waals surface area contributed by atoms with Crippen molar-refractivity contribution in [2.75, 3.05) is 17.7 Å². The fourth-order valence-electron chi connectivity index (χ4n) is 3.13. The number of hydrogen-bond acceptors (Lipinski definition) is 5. The smallest absolute Gasteiger partial charge is 0.274 e. The number of fused-ring (bicyclic) bond motifs is 1. The SMILES string of the molecule is CNC(=O)c1cnc(Nc2ccccc2C)c(NC(=O)c2[nH]nc3c(F)cccc23)c1. The molecule has 0 atom stereocenters. The van der Waals surface area contributed by atoms with Crippen LogP contribution in [0.1, 0.15) is 26.4 Å². The van der Waals surface area contributed by atoms with E-state index in [4.69, 9.17) is 0 Å². The first-order valence-electron chi connectivity index (χ1n) is 9.46. The summed E-state index contributed by atoms with van der Waals surface area (Å²) >= 11 is 0. The van der Waals surface area contributed by atoms with E-state index >= 15 is 0 Å². The fraction of sp³-hybridized carbons (Fsp3) is 0.0909. The molecular weight excluding hydrogens is 399 g/mol. The van der Waals surface area contributed by atoms with E-state index in [2.05, 4.69) is 31.1 Å². The lowest BCUT2D eigenvalue weighted by Gasteiger charge is -2.14. The minimum Gasteiger partial charge on any atom is -0.355 e. The van der Waals surface area contributed by atoms with Gasteiger partial charge in [-0.15, -0.1) is 0 Å². The number of nitrogens with zero attached hydrogens (tertiary/aromatic N) is 2. The molecular formula is C22H19FN6O2. The van der Waals surface area contributed by atoms with Gasteiger partial charge < -0.3 is 16.0 Å². The number of anilines is 3. The van der Waals surface area contributed by atoms with Gasteiger partial charge in [-0.2, -0.15) is 5.10 Å². The van der Waals surface area contributed by atoms with Crippen molar-refractivity contribution in [3.63, 3.8) is 0 Å². The number of pyridine rings is 1. The second kappa shape index (κ2) is 8.23. The van der Waals surface area contributed by atoms with E-state index in [-0.39, 0.29) is 28.4 Å². The summed E-state index contributed by atoms with van der Waals surface area (Å²) in [6.45, 7) is 1.94. The number of hydrogen-bond donors (Lipinski definition) is 4. The van der Waals surface area contributed by atoms with Crippen LogP contribution in [0, 0.1) is 12.7 Å². The molecule has 2 aromatic heterocycles. The number of aryl methyl sites for hydroxylation is 1. The average molecular weight is 418 g/mol. The lowest BCUT2D eigenvalue weighted by Crippen LogP contribution is -2.20. The van der Waals surface area contributed by atoms with Crippen LogP contribution in [0.5, 0.6) is 0 Å². The maximum absolute atomic E-state index is 13.9. The fourth-order valence-corrected chi connectivity index (χ4v) is 3.13. The number of halogens is 1. The molecule has 4 aromatic rings. The first-order valence-corrected chi connectivity index (χ1v) is 9.46. The second-order valence-electron chi connectivity index (χ2n) is 6.83. The molecule has 0 saturated heterocycles. The zero-order valence-corrected chi connectivity index (χ0v) is 16.8. The number of aromatic amines is 1. The van der Waals surface area contributed by atoms with Gasteiger partial charge >= 0.3 is 0 Å². The third-order valence-corrected chi connectivity index (χ3v) is 4.79. The third kappa shape index (κ3) is 3.93. The van der Waals surface area contributed by atoms with E-state index in [0.717, 1.165) is 11.3 Å². The largest absolute Gasteiger partial charge is 0.355 e. The van der Waals surface area contributed by atoms with Crippen molar-refractivity contribution < 1.29 is 14.0 Å². The molecule has 4 N–H and O–H groups in total. The Labute approximate surface area is 176 Å². The van der Waals surface area contributed by atoms with Crippen molar-refractivity contribution in [3.05, 3.63) is 77.4 Å². The Morgan fingerprint density at radius 1 is 1.03 bits per heavy atom. The van der Waals surface area contributed by atoms with Gasteiger partial charge in [0, 0.05) is 24.3 Å². The van der Waals surface area contributed by atoms with E-state index in [1.807, 2.05) is 31.2 Å². The Balaban J connectivity index is 1.72. The van der Waals surface area contributed by atoms with Crippen LogP contribution in [0.25, 0.3) is 10.9 Å². The molecule has 9 heteroatoms. The summed E-state index contributed by atoms with van der Waals surface area (Å²) in [4.78, 5) is 29.4.